The fourth-order valence-electron chi connectivity index (χ4n) is 1.54. The van der Waals surface area contributed by atoms with Gasteiger partial charge >= 0.3 is 0 Å². The number of benzene rings is 1. The Morgan fingerprint density at radius 3 is 1.79 bits per heavy atom. The van der Waals surface area contributed by atoms with E-state index in [1.54, 1.807) is 0 Å². The molecule has 0 spiro atoms. The monoisotopic (exact) mass is 192 g/mol. The highest BCUT2D eigenvalue weighted by Gasteiger charge is 2.15. The molecule has 0 fully saturated rings. The van der Waals surface area contributed by atoms with E-state index < -0.39 is 0 Å². The molecule has 0 saturated heterocycles. The van der Waals surface area contributed by atoms with Gasteiger partial charge in [-0.15, -0.1) is 0 Å². The van der Waals surface area contributed by atoms with Gasteiger partial charge in [0.05, 0.1) is 0 Å². The number of rotatable bonds is 0. The molecule has 14 heavy (non-hydrogen) atoms. The topological polar surface area (TPSA) is 0 Å². The molecule has 0 unspecified atom stereocenters. The molecule has 0 aliphatic rings. The van der Waals surface area contributed by atoms with Gasteiger partial charge in [-0.05, 0) is 30.4 Å². The zero-order valence-corrected chi connectivity index (χ0v) is 10.7. The van der Waals surface area contributed by atoms with E-state index in [4.69, 9.17) is 0 Å². The molecule has 0 aliphatic carbocycles. The first kappa shape index (κ1) is 13.2. The minimum absolute atomic E-state index is 0.274. The van der Waals surface area contributed by atoms with E-state index in [1.165, 1.54) is 16.7 Å². The summed E-state index contributed by atoms with van der Waals surface area (Å²) < 4.78 is 0. The van der Waals surface area contributed by atoms with Gasteiger partial charge in [-0.25, -0.2) is 0 Å². The average molecular weight is 192 g/mol. The van der Waals surface area contributed by atoms with Crippen molar-refractivity contribution in [3.8, 4) is 0 Å². The van der Waals surface area contributed by atoms with Crippen LogP contribution in [0, 0.1) is 13.8 Å². The van der Waals surface area contributed by atoms with Gasteiger partial charge in [0, 0.05) is 0 Å². The van der Waals surface area contributed by atoms with Gasteiger partial charge in [-0.2, -0.15) is 0 Å². The standard InChI is InChI=1S/C12H18.C2H6/c1-9-6-7-10(2)11(8-9)12(3,4)5;1-2/h6-8H,1-5H3;1-2H3. The van der Waals surface area contributed by atoms with Crippen molar-refractivity contribution in [2.24, 2.45) is 0 Å². The van der Waals surface area contributed by atoms with Crippen molar-refractivity contribution in [2.75, 3.05) is 0 Å². The van der Waals surface area contributed by atoms with Gasteiger partial charge in [0.15, 0.2) is 0 Å². The zero-order valence-electron chi connectivity index (χ0n) is 10.7. The Hall–Kier alpha value is -0.780. The Labute approximate surface area is 89.4 Å². The third kappa shape index (κ3) is 3.53. The fourth-order valence-corrected chi connectivity index (χ4v) is 1.54. The van der Waals surface area contributed by atoms with Gasteiger partial charge < -0.3 is 0 Å². The van der Waals surface area contributed by atoms with E-state index in [0.29, 0.717) is 0 Å². The summed E-state index contributed by atoms with van der Waals surface area (Å²) in [5.74, 6) is 0. The summed E-state index contributed by atoms with van der Waals surface area (Å²) in [6.45, 7) is 15.1. The molecule has 1 aromatic rings. The summed E-state index contributed by atoms with van der Waals surface area (Å²) in [7, 11) is 0. The van der Waals surface area contributed by atoms with Gasteiger partial charge in [-0.3, -0.25) is 0 Å². The highest BCUT2D eigenvalue weighted by atomic mass is 14.2. The quantitative estimate of drug-likeness (QED) is 0.562. The molecule has 0 bridgehead atoms. The van der Waals surface area contributed by atoms with E-state index in [9.17, 15) is 0 Å². The SMILES string of the molecule is CC.Cc1ccc(C)c(C(C)(C)C)c1. The minimum Gasteiger partial charge on any atom is -0.0683 e. The molecule has 0 heteroatoms. The summed E-state index contributed by atoms with van der Waals surface area (Å²) in [6.07, 6.45) is 0. The Morgan fingerprint density at radius 1 is 0.929 bits per heavy atom. The van der Waals surface area contributed by atoms with Gasteiger partial charge in [0.1, 0.15) is 0 Å². The van der Waals surface area contributed by atoms with Crippen molar-refractivity contribution in [3.63, 3.8) is 0 Å². The predicted octanol–water partition coefficient (Wildman–Crippen LogP) is 4.63. The number of hydrogen-bond donors (Lipinski definition) is 0. The van der Waals surface area contributed by atoms with Crippen LogP contribution in [0.1, 0.15) is 51.3 Å². The first-order valence-electron chi connectivity index (χ1n) is 5.49. The van der Waals surface area contributed by atoms with E-state index in [1.807, 2.05) is 13.8 Å². The number of hydrogen-bond acceptors (Lipinski definition) is 0. The van der Waals surface area contributed by atoms with E-state index in [-0.39, 0.29) is 5.41 Å². The zero-order chi connectivity index (χ0) is 11.4. The van der Waals surface area contributed by atoms with Crippen LogP contribution in [0.4, 0.5) is 0 Å². The molecular formula is C14H24. The van der Waals surface area contributed by atoms with Crippen molar-refractivity contribution in [1.29, 1.82) is 0 Å². The first-order chi connectivity index (χ1) is 6.41. The lowest BCUT2D eigenvalue weighted by molar-refractivity contribution is 0.585. The summed E-state index contributed by atoms with van der Waals surface area (Å²) in [4.78, 5) is 0. The molecule has 1 rings (SSSR count). The Morgan fingerprint density at radius 2 is 1.43 bits per heavy atom. The lowest BCUT2D eigenvalue weighted by Gasteiger charge is -2.22. The van der Waals surface area contributed by atoms with Crippen molar-refractivity contribution < 1.29 is 0 Å². The maximum atomic E-state index is 2.29. The van der Waals surface area contributed by atoms with Crippen LogP contribution in [0.5, 0.6) is 0 Å². The molecule has 0 radical (unpaired) electrons. The largest absolute Gasteiger partial charge is 0.0683 e. The summed E-state index contributed by atoms with van der Waals surface area (Å²) >= 11 is 0. The molecule has 0 amide bonds. The van der Waals surface area contributed by atoms with Crippen molar-refractivity contribution in [3.05, 3.63) is 34.9 Å². The minimum atomic E-state index is 0.274. The van der Waals surface area contributed by atoms with Crippen LogP contribution in [0.2, 0.25) is 0 Å². The Balaban J connectivity index is 0.000000791. The molecule has 0 aliphatic heterocycles. The second-order valence-electron chi connectivity index (χ2n) is 4.57. The lowest BCUT2D eigenvalue weighted by atomic mass is 9.83. The molecule has 0 aromatic heterocycles. The van der Waals surface area contributed by atoms with Crippen LogP contribution in [0.15, 0.2) is 18.2 Å². The van der Waals surface area contributed by atoms with E-state index in [0.717, 1.165) is 0 Å². The highest BCUT2D eigenvalue weighted by molar-refractivity contribution is 5.35. The van der Waals surface area contributed by atoms with Gasteiger partial charge in [0.25, 0.3) is 0 Å². The summed E-state index contributed by atoms with van der Waals surface area (Å²) in [6, 6.07) is 6.66. The smallest absolute Gasteiger partial charge is 0.0129 e. The van der Waals surface area contributed by atoms with Crippen LogP contribution in [0.25, 0.3) is 0 Å². The maximum Gasteiger partial charge on any atom is -0.0129 e. The van der Waals surface area contributed by atoms with Crippen LogP contribution in [-0.2, 0) is 5.41 Å². The predicted molar refractivity (Wildman–Crippen MR) is 66.0 cm³/mol. The third-order valence-electron chi connectivity index (χ3n) is 2.20. The highest BCUT2D eigenvalue weighted by Crippen LogP contribution is 2.25. The van der Waals surface area contributed by atoms with Crippen molar-refractivity contribution >= 4 is 0 Å². The van der Waals surface area contributed by atoms with Crippen LogP contribution >= 0.6 is 0 Å². The molecule has 80 valence electrons. The molecule has 0 heterocycles. The van der Waals surface area contributed by atoms with Gasteiger partial charge in [0.2, 0.25) is 0 Å². The number of aryl methyl sites for hydroxylation is 2. The Kier molecular flexibility index (Phi) is 4.90. The van der Waals surface area contributed by atoms with E-state index >= 15 is 0 Å². The third-order valence-corrected chi connectivity index (χ3v) is 2.20. The molecule has 1 aromatic carbocycles. The van der Waals surface area contributed by atoms with Crippen molar-refractivity contribution in [2.45, 2.75) is 53.9 Å². The van der Waals surface area contributed by atoms with Crippen LogP contribution in [-0.4, -0.2) is 0 Å². The van der Waals surface area contributed by atoms with Crippen molar-refractivity contribution in [1.82, 2.24) is 0 Å². The lowest BCUT2D eigenvalue weighted by Crippen LogP contribution is -2.13. The Bertz CT molecular complexity index is 277. The molecule has 0 N–H and O–H groups in total. The van der Waals surface area contributed by atoms with Crippen LogP contribution in [0.3, 0.4) is 0 Å². The molecule has 0 nitrogen and oxygen atoms in total. The second kappa shape index (κ2) is 5.19. The molecule has 0 saturated carbocycles. The van der Waals surface area contributed by atoms with E-state index in [2.05, 4.69) is 52.8 Å². The normalized spacial score (nSPS) is 10.5. The maximum absolute atomic E-state index is 2.29. The van der Waals surface area contributed by atoms with Crippen LogP contribution < -0.4 is 0 Å². The molecule has 0 atom stereocenters. The summed E-state index contributed by atoms with van der Waals surface area (Å²) in [5, 5.41) is 0. The van der Waals surface area contributed by atoms with Gasteiger partial charge in [-0.1, -0.05) is 58.4 Å². The average Bonchev–Trinajstić information content (AvgIpc) is 2.11. The fraction of sp³-hybridized carbons (Fsp3) is 0.571. The summed E-state index contributed by atoms with van der Waals surface area (Å²) in [5.41, 5.74) is 4.48. The molecular weight excluding hydrogens is 168 g/mol. The second-order valence-corrected chi connectivity index (χ2v) is 4.57. The first-order valence-corrected chi connectivity index (χ1v) is 5.49.